The zero-order chi connectivity index (χ0) is 14.8. The van der Waals surface area contributed by atoms with Crippen molar-refractivity contribution in [2.45, 2.75) is 20.3 Å². The van der Waals surface area contributed by atoms with Crippen LogP contribution in [0.4, 0.5) is 5.69 Å². The number of methoxy groups -OCH3 is 1. The molecule has 1 aromatic rings. The van der Waals surface area contributed by atoms with E-state index in [-0.39, 0.29) is 24.0 Å². The maximum Gasteiger partial charge on any atom is 0.193 e. The molecule has 6 heteroatoms. The molecule has 120 valence electrons. The third-order valence-electron chi connectivity index (χ3n) is 3.06. The Labute approximate surface area is 145 Å². The number of hydrogen-bond acceptors (Lipinski definition) is 3. The number of para-hydroxylation sites is 2. The first-order valence-electron chi connectivity index (χ1n) is 7.13. The van der Waals surface area contributed by atoms with Gasteiger partial charge in [0.15, 0.2) is 5.96 Å². The highest BCUT2D eigenvalue weighted by Gasteiger charge is 2.03. The smallest absolute Gasteiger partial charge is 0.193 e. The average Bonchev–Trinajstić information content (AvgIpc) is 2.47. The second-order valence-electron chi connectivity index (χ2n) is 4.53. The van der Waals surface area contributed by atoms with Crippen LogP contribution in [0.5, 0.6) is 5.75 Å². The van der Waals surface area contributed by atoms with E-state index in [4.69, 9.17) is 10.5 Å². The van der Waals surface area contributed by atoms with Gasteiger partial charge in [0.1, 0.15) is 5.75 Å². The predicted octanol–water partition coefficient (Wildman–Crippen LogP) is 2.77. The number of benzene rings is 1. The maximum atomic E-state index is 5.90. The van der Waals surface area contributed by atoms with Gasteiger partial charge in [0.2, 0.25) is 0 Å². The largest absolute Gasteiger partial charge is 0.495 e. The average molecular weight is 406 g/mol. The number of hydrogen-bond donors (Lipinski definition) is 2. The Morgan fingerprint density at radius 2 is 2.00 bits per heavy atom. The quantitative estimate of drug-likeness (QED) is 0.396. The molecule has 3 N–H and O–H groups in total. The molecule has 0 heterocycles. The lowest BCUT2D eigenvalue weighted by atomic mass is 10.3. The third-order valence-corrected chi connectivity index (χ3v) is 3.06. The molecule has 0 spiro atoms. The topological polar surface area (TPSA) is 62.9 Å². The molecule has 0 unspecified atom stereocenters. The number of nitrogens with two attached hydrogens (primary N) is 1. The fourth-order valence-electron chi connectivity index (χ4n) is 1.98. The Bertz CT molecular complexity index is 426. The van der Waals surface area contributed by atoms with Crippen molar-refractivity contribution in [3.05, 3.63) is 24.3 Å². The van der Waals surface area contributed by atoms with Crippen LogP contribution in [0, 0.1) is 0 Å². The van der Waals surface area contributed by atoms with Gasteiger partial charge in [-0.3, -0.25) is 4.99 Å². The second-order valence-corrected chi connectivity index (χ2v) is 4.53. The summed E-state index contributed by atoms with van der Waals surface area (Å²) in [5.41, 5.74) is 6.73. The van der Waals surface area contributed by atoms with E-state index in [0.717, 1.165) is 37.5 Å². The lowest BCUT2D eigenvalue weighted by Gasteiger charge is -2.18. The SMILES string of the molecule is CCCN(CC)CCN=C(N)Nc1ccccc1OC.I. The normalized spacial score (nSPS) is 11.1. The zero-order valence-electron chi connectivity index (χ0n) is 13.1. The van der Waals surface area contributed by atoms with E-state index in [2.05, 4.69) is 29.1 Å². The van der Waals surface area contributed by atoms with E-state index >= 15 is 0 Å². The van der Waals surface area contributed by atoms with Gasteiger partial charge in [-0.2, -0.15) is 0 Å². The molecular formula is C15H27IN4O. The van der Waals surface area contributed by atoms with Crippen LogP contribution in [0.3, 0.4) is 0 Å². The predicted molar refractivity (Wildman–Crippen MR) is 101 cm³/mol. The number of nitrogens with one attached hydrogen (secondary N) is 1. The first-order valence-corrected chi connectivity index (χ1v) is 7.13. The standard InChI is InChI=1S/C15H26N4O.HI/c1-4-11-19(5-2)12-10-17-15(16)18-13-8-6-7-9-14(13)20-3;/h6-9H,4-5,10-12H2,1-3H3,(H3,16,17,18);1H. The van der Waals surface area contributed by atoms with Crippen molar-refractivity contribution in [3.63, 3.8) is 0 Å². The lowest BCUT2D eigenvalue weighted by Crippen LogP contribution is -2.29. The van der Waals surface area contributed by atoms with E-state index in [0.29, 0.717) is 12.5 Å². The van der Waals surface area contributed by atoms with Crippen molar-refractivity contribution in [1.29, 1.82) is 0 Å². The van der Waals surface area contributed by atoms with Gasteiger partial charge >= 0.3 is 0 Å². The molecule has 0 amide bonds. The van der Waals surface area contributed by atoms with E-state index in [1.807, 2.05) is 24.3 Å². The van der Waals surface area contributed by atoms with E-state index in [9.17, 15) is 0 Å². The van der Waals surface area contributed by atoms with Gasteiger partial charge in [-0.25, -0.2) is 0 Å². The summed E-state index contributed by atoms with van der Waals surface area (Å²) >= 11 is 0. The van der Waals surface area contributed by atoms with Crippen molar-refractivity contribution in [2.24, 2.45) is 10.7 Å². The van der Waals surface area contributed by atoms with Gasteiger partial charge in [-0.1, -0.05) is 26.0 Å². The van der Waals surface area contributed by atoms with Crippen LogP contribution in [0.2, 0.25) is 0 Å². The Kier molecular flexibility index (Phi) is 11.1. The van der Waals surface area contributed by atoms with E-state index in [1.54, 1.807) is 7.11 Å². The maximum absolute atomic E-state index is 5.90. The highest BCUT2D eigenvalue weighted by molar-refractivity contribution is 14.0. The molecule has 1 aromatic carbocycles. The van der Waals surface area contributed by atoms with Crippen LogP contribution < -0.4 is 15.8 Å². The number of halogens is 1. The first-order chi connectivity index (χ1) is 9.71. The molecule has 5 nitrogen and oxygen atoms in total. The lowest BCUT2D eigenvalue weighted by molar-refractivity contribution is 0.297. The minimum Gasteiger partial charge on any atom is -0.495 e. The number of guanidine groups is 1. The molecule has 1 rings (SSSR count). The van der Waals surface area contributed by atoms with Crippen LogP contribution in [0.15, 0.2) is 29.3 Å². The third kappa shape index (κ3) is 7.52. The molecular weight excluding hydrogens is 379 g/mol. The van der Waals surface area contributed by atoms with Crippen LogP contribution in [0.25, 0.3) is 0 Å². The summed E-state index contributed by atoms with van der Waals surface area (Å²) in [6, 6.07) is 7.64. The minimum atomic E-state index is 0. The number of ether oxygens (including phenoxy) is 1. The van der Waals surface area contributed by atoms with Crippen LogP contribution in [0.1, 0.15) is 20.3 Å². The van der Waals surface area contributed by atoms with Crippen molar-refractivity contribution < 1.29 is 4.74 Å². The number of rotatable bonds is 8. The molecule has 0 aliphatic carbocycles. The monoisotopic (exact) mass is 406 g/mol. The van der Waals surface area contributed by atoms with Crippen LogP contribution >= 0.6 is 24.0 Å². The van der Waals surface area contributed by atoms with Gasteiger partial charge < -0.3 is 20.7 Å². The van der Waals surface area contributed by atoms with Gasteiger partial charge in [0.25, 0.3) is 0 Å². The van der Waals surface area contributed by atoms with Crippen molar-refractivity contribution >= 4 is 35.6 Å². The summed E-state index contributed by atoms with van der Waals surface area (Å²) in [6.45, 7) is 8.12. The van der Waals surface area contributed by atoms with Gasteiger partial charge in [0.05, 0.1) is 19.3 Å². The molecule has 0 aromatic heterocycles. The van der Waals surface area contributed by atoms with E-state index < -0.39 is 0 Å². The Hall–Kier alpha value is -1.02. The number of nitrogens with zero attached hydrogens (tertiary/aromatic N) is 2. The molecule has 0 fully saturated rings. The highest BCUT2D eigenvalue weighted by Crippen LogP contribution is 2.22. The summed E-state index contributed by atoms with van der Waals surface area (Å²) in [6.07, 6.45) is 1.16. The molecule has 21 heavy (non-hydrogen) atoms. The fourth-order valence-corrected chi connectivity index (χ4v) is 1.98. The number of aliphatic imine (C=N–C) groups is 1. The molecule has 0 radical (unpaired) electrons. The van der Waals surface area contributed by atoms with Gasteiger partial charge in [-0.15, -0.1) is 24.0 Å². The first kappa shape index (κ1) is 20.0. The zero-order valence-corrected chi connectivity index (χ0v) is 15.5. The fraction of sp³-hybridized carbons (Fsp3) is 0.533. The van der Waals surface area contributed by atoms with Crippen LogP contribution in [-0.4, -0.2) is 44.1 Å². The molecule has 0 aliphatic heterocycles. The van der Waals surface area contributed by atoms with Gasteiger partial charge in [-0.05, 0) is 31.6 Å². The van der Waals surface area contributed by atoms with Crippen molar-refractivity contribution in [1.82, 2.24) is 4.90 Å². The molecule has 0 aliphatic rings. The van der Waals surface area contributed by atoms with E-state index in [1.165, 1.54) is 0 Å². The van der Waals surface area contributed by atoms with Crippen molar-refractivity contribution in [3.8, 4) is 5.75 Å². The van der Waals surface area contributed by atoms with Crippen molar-refractivity contribution in [2.75, 3.05) is 38.6 Å². The van der Waals surface area contributed by atoms with Gasteiger partial charge in [0, 0.05) is 6.54 Å². The second kappa shape index (κ2) is 11.6. The highest BCUT2D eigenvalue weighted by atomic mass is 127. The Balaban J connectivity index is 0.00000400. The number of likely N-dealkylation sites (N-methyl/N-ethyl adjacent to an activating group) is 1. The summed E-state index contributed by atoms with van der Waals surface area (Å²) in [4.78, 5) is 6.71. The molecule has 0 bridgehead atoms. The molecule has 0 saturated heterocycles. The summed E-state index contributed by atoms with van der Waals surface area (Å²) in [5.74, 6) is 1.17. The number of anilines is 1. The summed E-state index contributed by atoms with van der Waals surface area (Å²) in [5, 5.41) is 3.07. The minimum absolute atomic E-state index is 0. The Morgan fingerprint density at radius 1 is 1.29 bits per heavy atom. The molecule has 0 saturated carbocycles. The Morgan fingerprint density at radius 3 is 2.62 bits per heavy atom. The summed E-state index contributed by atoms with van der Waals surface area (Å²) in [7, 11) is 1.64. The molecule has 0 atom stereocenters. The summed E-state index contributed by atoms with van der Waals surface area (Å²) < 4.78 is 5.26. The van der Waals surface area contributed by atoms with Crippen LogP contribution in [-0.2, 0) is 0 Å².